The molecule has 3 heterocycles. The highest BCUT2D eigenvalue weighted by Gasteiger charge is 2.43. The van der Waals surface area contributed by atoms with Gasteiger partial charge in [-0.25, -0.2) is 0 Å². The van der Waals surface area contributed by atoms with E-state index in [9.17, 15) is 24.3 Å². The van der Waals surface area contributed by atoms with Gasteiger partial charge in [0.2, 0.25) is 0 Å². The van der Waals surface area contributed by atoms with E-state index < -0.39 is 23.6 Å². The number of nitrogens with zero attached hydrogens (tertiary/aromatic N) is 4. The smallest absolute Gasteiger partial charge is 0.312 e. The Bertz CT molecular complexity index is 1660. The van der Waals surface area contributed by atoms with Gasteiger partial charge in [-0.3, -0.25) is 24.1 Å². The number of hydrogen-bond donors (Lipinski definition) is 2. The van der Waals surface area contributed by atoms with Crippen molar-refractivity contribution in [2.45, 2.75) is 83.0 Å². The molecule has 270 valence electrons. The Morgan fingerprint density at radius 1 is 0.784 bits per heavy atom. The van der Waals surface area contributed by atoms with Crippen molar-refractivity contribution < 1.29 is 24.3 Å². The quantitative estimate of drug-likeness (QED) is 0.244. The van der Waals surface area contributed by atoms with Crippen molar-refractivity contribution in [1.82, 2.24) is 24.9 Å². The van der Waals surface area contributed by atoms with Crippen LogP contribution in [-0.4, -0.2) is 112 Å². The number of benzene rings is 3. The molecule has 6 rings (SSSR count). The van der Waals surface area contributed by atoms with Crippen LogP contribution >= 0.6 is 0 Å². The fourth-order valence-corrected chi connectivity index (χ4v) is 8.05. The van der Waals surface area contributed by atoms with Crippen LogP contribution in [0.5, 0.6) is 5.75 Å². The van der Waals surface area contributed by atoms with Gasteiger partial charge < -0.3 is 25.1 Å². The summed E-state index contributed by atoms with van der Waals surface area (Å²) in [7, 11) is 0. The maximum atomic E-state index is 14.0. The number of rotatable bonds is 14. The molecule has 4 atom stereocenters. The summed E-state index contributed by atoms with van der Waals surface area (Å²) in [5.41, 5.74) is 4.36. The summed E-state index contributed by atoms with van der Waals surface area (Å²) in [6.07, 6.45) is 5.51. The first-order valence-corrected chi connectivity index (χ1v) is 18.6. The van der Waals surface area contributed by atoms with Crippen LogP contribution in [0.2, 0.25) is 0 Å². The second-order valence-electron chi connectivity index (χ2n) is 14.3. The number of aromatic hydroxyl groups is 1. The van der Waals surface area contributed by atoms with Crippen LogP contribution in [0.4, 0.5) is 0 Å². The minimum atomic E-state index is -0.538. The third-order valence-electron chi connectivity index (χ3n) is 10.9. The lowest BCUT2D eigenvalue weighted by molar-refractivity contribution is -0.161. The van der Waals surface area contributed by atoms with Crippen LogP contribution in [0.3, 0.4) is 0 Å². The summed E-state index contributed by atoms with van der Waals surface area (Å²) in [5, 5.41) is 12.7. The Kier molecular flexibility index (Phi) is 11.7. The van der Waals surface area contributed by atoms with E-state index in [4.69, 9.17) is 0 Å². The predicted molar refractivity (Wildman–Crippen MR) is 197 cm³/mol. The summed E-state index contributed by atoms with van der Waals surface area (Å²) in [4.78, 5) is 60.9. The molecule has 0 unspecified atom stereocenters. The molecule has 0 spiro atoms. The molecule has 2 N–H and O–H groups in total. The van der Waals surface area contributed by atoms with Gasteiger partial charge in [-0.15, -0.1) is 0 Å². The second-order valence-corrected chi connectivity index (χ2v) is 14.3. The van der Waals surface area contributed by atoms with E-state index >= 15 is 0 Å². The maximum absolute atomic E-state index is 14.0. The Morgan fingerprint density at radius 2 is 1.49 bits per heavy atom. The number of piperazine rings is 2. The summed E-state index contributed by atoms with van der Waals surface area (Å²) >= 11 is 0. The topological polar surface area (TPSA) is 114 Å². The highest BCUT2D eigenvalue weighted by atomic mass is 16.3. The van der Waals surface area contributed by atoms with Crippen molar-refractivity contribution in [3.8, 4) is 16.9 Å². The maximum Gasteiger partial charge on any atom is 0.312 e. The number of carbonyl (C=O) groups excluding carboxylic acids is 4. The van der Waals surface area contributed by atoms with Crippen molar-refractivity contribution >= 4 is 23.6 Å². The Morgan fingerprint density at radius 3 is 2.20 bits per heavy atom. The van der Waals surface area contributed by atoms with Crippen LogP contribution in [0.15, 0.2) is 78.9 Å². The number of nitrogens with one attached hydrogen (secondary N) is 1. The number of amides is 4. The Labute approximate surface area is 301 Å². The summed E-state index contributed by atoms with van der Waals surface area (Å²) in [6.45, 7) is 7.40. The Balaban J connectivity index is 1.16. The first-order valence-electron chi connectivity index (χ1n) is 18.6. The van der Waals surface area contributed by atoms with Crippen molar-refractivity contribution in [2.24, 2.45) is 0 Å². The zero-order valence-electron chi connectivity index (χ0n) is 29.9. The van der Waals surface area contributed by atoms with Gasteiger partial charge in [0.1, 0.15) is 5.75 Å². The summed E-state index contributed by atoms with van der Waals surface area (Å²) in [5.74, 6) is -1.76. The normalized spacial score (nSPS) is 22.1. The molecular weight excluding hydrogens is 642 g/mol. The third kappa shape index (κ3) is 8.44. The lowest BCUT2D eigenvalue weighted by atomic mass is 9.98. The highest BCUT2D eigenvalue weighted by molar-refractivity contribution is 6.36. The lowest BCUT2D eigenvalue weighted by Gasteiger charge is -2.45. The zero-order chi connectivity index (χ0) is 35.9. The molecule has 3 aliphatic heterocycles. The summed E-state index contributed by atoms with van der Waals surface area (Å²) in [6, 6.07) is 25.3. The van der Waals surface area contributed by atoms with Crippen LogP contribution in [-0.2, 0) is 32.0 Å². The third-order valence-corrected chi connectivity index (χ3v) is 10.9. The molecule has 0 aromatic heterocycles. The molecule has 4 amide bonds. The average molecular weight is 694 g/mol. The molecule has 3 aliphatic rings. The first kappa shape index (κ1) is 36.1. The van der Waals surface area contributed by atoms with Gasteiger partial charge in [-0.05, 0) is 79.5 Å². The van der Waals surface area contributed by atoms with Crippen molar-refractivity contribution in [3.05, 3.63) is 90.0 Å². The van der Waals surface area contributed by atoms with Crippen molar-refractivity contribution in [2.75, 3.05) is 39.3 Å². The number of likely N-dealkylation sites (tertiary alicyclic amines) is 1. The van der Waals surface area contributed by atoms with Gasteiger partial charge in [0.25, 0.3) is 0 Å². The van der Waals surface area contributed by atoms with E-state index in [2.05, 4.69) is 60.5 Å². The van der Waals surface area contributed by atoms with Gasteiger partial charge in [0.15, 0.2) is 0 Å². The molecule has 3 fully saturated rings. The Hall–Kier alpha value is -4.70. The average Bonchev–Trinajstić information content (AvgIpc) is 3.59. The van der Waals surface area contributed by atoms with Gasteiger partial charge >= 0.3 is 23.6 Å². The molecule has 3 saturated heterocycles. The van der Waals surface area contributed by atoms with E-state index in [1.165, 1.54) is 0 Å². The molecule has 51 heavy (non-hydrogen) atoms. The van der Waals surface area contributed by atoms with Crippen LogP contribution in [0.1, 0.15) is 57.1 Å². The number of hydrogen-bond acceptors (Lipinski definition) is 6. The number of carbonyl (C=O) groups is 4. The van der Waals surface area contributed by atoms with Gasteiger partial charge in [-0.1, -0.05) is 87.0 Å². The van der Waals surface area contributed by atoms with Crippen LogP contribution < -0.4 is 5.32 Å². The molecular formula is C41H51N5O5. The molecule has 3 aromatic rings. The SMILES string of the molecule is CCC[C@H]1CNC(=O)C(=O)N1C[C@@H]1CCCN1C[C@@H](CC)N1C[C@@H](Cc2ccc(O)cc2)N(CCc2ccc(-c3ccccc3)cc2)C(=O)C1=O. The van der Waals surface area contributed by atoms with Gasteiger partial charge in [-0.2, -0.15) is 0 Å². The largest absolute Gasteiger partial charge is 0.508 e. The zero-order valence-corrected chi connectivity index (χ0v) is 29.9. The van der Waals surface area contributed by atoms with E-state index in [1.807, 2.05) is 30.3 Å². The molecule has 0 radical (unpaired) electrons. The molecule has 0 bridgehead atoms. The first-order chi connectivity index (χ1) is 24.7. The monoisotopic (exact) mass is 693 g/mol. The van der Waals surface area contributed by atoms with Crippen LogP contribution in [0, 0.1) is 0 Å². The standard InChI is InChI=1S/C41H51N5O5/c1-3-9-34-25-42-38(48)39(49)46(34)27-35-12-8-22-43(35)26-33(4-2)45-28-36(24-30-15-19-37(47)20-16-30)44(40(50)41(45)51)23-21-29-13-17-32(18-14-29)31-10-6-5-7-11-31/h5-7,10-11,13-20,33-36,47H,3-4,8-9,12,21-28H2,1-2H3,(H,42,48)/t33-,34+,35+,36-/m1/s1. The van der Waals surface area contributed by atoms with E-state index in [1.54, 1.807) is 26.8 Å². The minimum absolute atomic E-state index is 0.0145. The van der Waals surface area contributed by atoms with Crippen LogP contribution in [0.25, 0.3) is 11.1 Å². The van der Waals surface area contributed by atoms with E-state index in [0.717, 1.165) is 54.5 Å². The number of phenolic OH excluding ortho intramolecular Hbond substituents is 1. The lowest BCUT2D eigenvalue weighted by Crippen LogP contribution is -2.64. The second kappa shape index (κ2) is 16.5. The molecule has 3 aromatic carbocycles. The van der Waals surface area contributed by atoms with E-state index in [0.29, 0.717) is 52.0 Å². The van der Waals surface area contributed by atoms with Gasteiger partial charge in [0.05, 0.1) is 6.04 Å². The molecule has 10 nitrogen and oxygen atoms in total. The van der Waals surface area contributed by atoms with Gasteiger partial charge in [0, 0.05) is 50.8 Å². The van der Waals surface area contributed by atoms with Crippen molar-refractivity contribution in [1.29, 1.82) is 0 Å². The van der Waals surface area contributed by atoms with E-state index in [-0.39, 0.29) is 29.9 Å². The predicted octanol–water partition coefficient (Wildman–Crippen LogP) is 4.25. The number of phenols is 1. The minimum Gasteiger partial charge on any atom is -0.508 e. The fraction of sp³-hybridized carbons (Fsp3) is 0.463. The molecule has 0 aliphatic carbocycles. The van der Waals surface area contributed by atoms with Crippen molar-refractivity contribution in [3.63, 3.8) is 0 Å². The fourth-order valence-electron chi connectivity index (χ4n) is 8.05. The highest BCUT2D eigenvalue weighted by Crippen LogP contribution is 2.27. The molecule has 10 heteroatoms. The molecule has 0 saturated carbocycles. The summed E-state index contributed by atoms with van der Waals surface area (Å²) < 4.78 is 0.